The number of aromatic nitrogens is 3. The summed E-state index contributed by atoms with van der Waals surface area (Å²) >= 11 is 0. The highest BCUT2D eigenvalue weighted by molar-refractivity contribution is 6.00. The molecule has 0 saturated carbocycles. The second-order valence-corrected chi connectivity index (χ2v) is 6.78. The number of nitrogens with one attached hydrogen (secondary N) is 2. The van der Waals surface area contributed by atoms with Gasteiger partial charge in [0.2, 0.25) is 11.6 Å². The fourth-order valence-electron chi connectivity index (χ4n) is 3.30. The monoisotopic (exact) mass is 311 g/mol. The van der Waals surface area contributed by atoms with Crippen LogP contribution in [0.3, 0.4) is 0 Å². The lowest BCUT2D eigenvalue weighted by Gasteiger charge is -2.33. The second kappa shape index (κ2) is 4.91. The molecular formula is C16H17N5O2. The second-order valence-electron chi connectivity index (χ2n) is 6.78. The molecule has 23 heavy (non-hydrogen) atoms. The first-order chi connectivity index (χ1) is 11.0. The molecule has 0 radical (unpaired) electrons. The van der Waals surface area contributed by atoms with Crippen molar-refractivity contribution in [1.29, 1.82) is 0 Å². The lowest BCUT2D eigenvalue weighted by Crippen LogP contribution is -2.31. The summed E-state index contributed by atoms with van der Waals surface area (Å²) in [5.74, 6) is 1.16. The first-order valence-electron chi connectivity index (χ1n) is 7.56. The number of rotatable bonds is 1. The van der Waals surface area contributed by atoms with Gasteiger partial charge in [0, 0.05) is 30.1 Å². The fourth-order valence-corrected chi connectivity index (χ4v) is 3.30. The zero-order valence-electron chi connectivity index (χ0n) is 13.0. The van der Waals surface area contributed by atoms with Crippen molar-refractivity contribution in [3.8, 4) is 0 Å². The summed E-state index contributed by atoms with van der Waals surface area (Å²) in [7, 11) is 0. The lowest BCUT2D eigenvalue weighted by atomic mass is 9.73. The maximum atomic E-state index is 12.8. The van der Waals surface area contributed by atoms with Crippen molar-refractivity contribution in [2.45, 2.75) is 32.7 Å². The van der Waals surface area contributed by atoms with Gasteiger partial charge in [-0.2, -0.15) is 0 Å². The van der Waals surface area contributed by atoms with Gasteiger partial charge in [0.1, 0.15) is 0 Å². The van der Waals surface area contributed by atoms with E-state index in [2.05, 4.69) is 39.8 Å². The third kappa shape index (κ3) is 2.38. The van der Waals surface area contributed by atoms with Gasteiger partial charge < -0.3 is 10.6 Å². The third-order valence-electron chi connectivity index (χ3n) is 4.29. The largest absolute Gasteiger partial charge is 0.353 e. The minimum absolute atomic E-state index is 0.0899. The van der Waals surface area contributed by atoms with Gasteiger partial charge in [-0.05, 0) is 39.8 Å². The molecule has 7 nitrogen and oxygen atoms in total. The number of anilines is 2. The highest BCUT2D eigenvalue weighted by atomic mass is 16.6. The van der Waals surface area contributed by atoms with Gasteiger partial charge in [0.15, 0.2) is 5.78 Å². The van der Waals surface area contributed by atoms with Gasteiger partial charge in [-0.3, -0.25) is 9.78 Å². The Labute approximate surface area is 133 Å². The number of ketones is 1. The molecule has 118 valence electrons. The van der Waals surface area contributed by atoms with E-state index in [-0.39, 0.29) is 17.2 Å². The highest BCUT2D eigenvalue weighted by Gasteiger charge is 2.39. The van der Waals surface area contributed by atoms with Gasteiger partial charge in [-0.25, -0.2) is 4.63 Å². The number of hydrogen-bond acceptors (Lipinski definition) is 7. The topological polar surface area (TPSA) is 92.9 Å². The Hall–Kier alpha value is -2.70. The van der Waals surface area contributed by atoms with E-state index >= 15 is 0 Å². The van der Waals surface area contributed by atoms with Crippen LogP contribution in [-0.4, -0.2) is 21.1 Å². The number of Topliss-reactive ketones (excluding diaryl/α,β-unsaturated/α-hetero) is 1. The summed E-state index contributed by atoms with van der Waals surface area (Å²) in [6.07, 6.45) is 4.72. The maximum Gasteiger partial charge on any atom is 0.219 e. The summed E-state index contributed by atoms with van der Waals surface area (Å²) < 4.78 is 4.82. The average molecular weight is 311 g/mol. The van der Waals surface area contributed by atoms with Crippen LogP contribution >= 0.6 is 0 Å². The van der Waals surface area contributed by atoms with E-state index in [4.69, 9.17) is 4.63 Å². The lowest BCUT2D eigenvalue weighted by molar-refractivity contribution is -0.118. The van der Waals surface area contributed by atoms with Crippen LogP contribution in [0.4, 0.5) is 11.6 Å². The summed E-state index contributed by atoms with van der Waals surface area (Å²) in [5.41, 5.74) is 2.50. The zero-order chi connectivity index (χ0) is 16.0. The molecule has 7 heteroatoms. The number of fused-ring (bicyclic) bond motifs is 1. The van der Waals surface area contributed by atoms with Crippen LogP contribution in [0, 0.1) is 5.41 Å². The first kappa shape index (κ1) is 13.9. The molecule has 2 aliphatic rings. The third-order valence-corrected chi connectivity index (χ3v) is 4.29. The molecule has 0 unspecified atom stereocenters. The minimum Gasteiger partial charge on any atom is -0.353 e. The predicted octanol–water partition coefficient (Wildman–Crippen LogP) is 2.69. The van der Waals surface area contributed by atoms with Crippen LogP contribution < -0.4 is 10.6 Å². The van der Waals surface area contributed by atoms with Crippen molar-refractivity contribution in [1.82, 2.24) is 15.3 Å². The Morgan fingerprint density at radius 1 is 1.17 bits per heavy atom. The Bertz CT molecular complexity index is 794. The fraction of sp³-hybridized carbons (Fsp3) is 0.375. The Balaban J connectivity index is 1.88. The Kier molecular flexibility index (Phi) is 2.97. The zero-order valence-corrected chi connectivity index (χ0v) is 13.0. The Morgan fingerprint density at radius 3 is 2.70 bits per heavy atom. The molecule has 1 atom stereocenters. The molecule has 0 bridgehead atoms. The number of carbonyl (C=O) groups excluding carboxylic acids is 1. The number of allylic oxidation sites excluding steroid dienone is 1. The van der Waals surface area contributed by atoms with Crippen LogP contribution in [-0.2, 0) is 4.79 Å². The molecule has 1 aliphatic carbocycles. The molecule has 2 aromatic rings. The number of pyridine rings is 1. The summed E-state index contributed by atoms with van der Waals surface area (Å²) in [4.78, 5) is 16.9. The van der Waals surface area contributed by atoms with Crippen molar-refractivity contribution in [3.05, 3.63) is 41.4 Å². The average Bonchev–Trinajstić information content (AvgIpc) is 2.86. The van der Waals surface area contributed by atoms with E-state index in [1.165, 1.54) is 0 Å². The molecular weight excluding hydrogens is 294 g/mol. The van der Waals surface area contributed by atoms with Crippen molar-refractivity contribution in [3.63, 3.8) is 0 Å². The van der Waals surface area contributed by atoms with Crippen molar-refractivity contribution in [2.24, 2.45) is 5.41 Å². The van der Waals surface area contributed by atoms with Crippen molar-refractivity contribution >= 4 is 17.4 Å². The molecule has 1 aliphatic heterocycles. The van der Waals surface area contributed by atoms with Gasteiger partial charge in [0.05, 0.1) is 6.04 Å². The summed E-state index contributed by atoms with van der Waals surface area (Å²) in [6, 6.07) is 3.50. The SMILES string of the molecule is CC1(C)CC(=O)C2=C(C1)Nc1nonc1N[C@H]2c1ccncc1. The van der Waals surface area contributed by atoms with Gasteiger partial charge in [0.25, 0.3) is 0 Å². The normalized spacial score (nSPS) is 22.5. The van der Waals surface area contributed by atoms with E-state index in [0.717, 1.165) is 23.3 Å². The molecule has 0 aromatic carbocycles. The molecule has 0 fully saturated rings. The molecule has 2 N–H and O–H groups in total. The molecule has 4 rings (SSSR count). The number of carbonyl (C=O) groups is 1. The summed E-state index contributed by atoms with van der Waals surface area (Å²) in [6.45, 7) is 4.19. The van der Waals surface area contributed by atoms with Crippen LogP contribution in [0.2, 0.25) is 0 Å². The molecule has 0 spiro atoms. The molecule has 0 amide bonds. The van der Waals surface area contributed by atoms with E-state index in [0.29, 0.717) is 18.1 Å². The van der Waals surface area contributed by atoms with Crippen LogP contribution in [0.25, 0.3) is 0 Å². The first-order valence-corrected chi connectivity index (χ1v) is 7.56. The highest BCUT2D eigenvalue weighted by Crippen LogP contribution is 2.44. The molecule has 0 saturated heterocycles. The van der Waals surface area contributed by atoms with Gasteiger partial charge in [-0.1, -0.05) is 13.8 Å². The molecule has 2 aromatic heterocycles. The van der Waals surface area contributed by atoms with Crippen molar-refractivity contribution < 1.29 is 9.42 Å². The summed E-state index contributed by atoms with van der Waals surface area (Å²) in [5, 5.41) is 14.3. The Morgan fingerprint density at radius 2 is 1.91 bits per heavy atom. The minimum atomic E-state index is -0.294. The van der Waals surface area contributed by atoms with Gasteiger partial charge in [-0.15, -0.1) is 0 Å². The van der Waals surface area contributed by atoms with E-state index < -0.39 is 0 Å². The van der Waals surface area contributed by atoms with E-state index in [1.54, 1.807) is 12.4 Å². The van der Waals surface area contributed by atoms with E-state index in [9.17, 15) is 4.79 Å². The predicted molar refractivity (Wildman–Crippen MR) is 83.6 cm³/mol. The van der Waals surface area contributed by atoms with Crippen LogP contribution in [0.15, 0.2) is 40.4 Å². The number of hydrogen-bond donors (Lipinski definition) is 2. The van der Waals surface area contributed by atoms with E-state index in [1.807, 2.05) is 12.1 Å². The van der Waals surface area contributed by atoms with Gasteiger partial charge >= 0.3 is 0 Å². The standard InChI is InChI=1S/C16H17N5O2/c1-16(2)7-10-12(11(22)8-16)13(9-3-5-17-6-4-9)19-15-14(18-10)20-23-21-15/h3-6,13H,7-8H2,1-2H3,(H,18,20)(H,19,21)/t13-/m0/s1. The maximum absolute atomic E-state index is 12.8. The van der Waals surface area contributed by atoms with Crippen LogP contribution in [0.5, 0.6) is 0 Å². The van der Waals surface area contributed by atoms with Crippen molar-refractivity contribution in [2.75, 3.05) is 10.6 Å². The molecule has 3 heterocycles. The van der Waals surface area contributed by atoms with Crippen LogP contribution in [0.1, 0.15) is 38.3 Å². The quantitative estimate of drug-likeness (QED) is 0.836. The number of nitrogens with zero attached hydrogens (tertiary/aromatic N) is 3. The smallest absolute Gasteiger partial charge is 0.219 e.